The van der Waals surface area contributed by atoms with Crippen LogP contribution in [0.5, 0.6) is 0 Å². The van der Waals surface area contributed by atoms with E-state index in [0.717, 1.165) is 12.1 Å². The number of alkyl halides is 3. The second-order valence-corrected chi connectivity index (χ2v) is 5.68. The summed E-state index contributed by atoms with van der Waals surface area (Å²) in [5, 5.41) is 8.67. The van der Waals surface area contributed by atoms with Gasteiger partial charge in [0.05, 0.1) is 10.5 Å². The molecule has 0 radical (unpaired) electrons. The fourth-order valence-corrected chi connectivity index (χ4v) is 2.68. The first-order valence-corrected chi connectivity index (χ1v) is 6.43. The summed E-state index contributed by atoms with van der Waals surface area (Å²) < 4.78 is 59.1. The quantitative estimate of drug-likeness (QED) is 0.818. The second kappa shape index (κ2) is 4.86. The molecule has 18 heavy (non-hydrogen) atoms. The van der Waals surface area contributed by atoms with Crippen LogP contribution in [0.1, 0.15) is 10.4 Å². The maximum atomic E-state index is 12.0. The molecular formula is C8H5BrF3NO4S. The molecule has 0 fully saturated rings. The molecule has 10 heteroatoms. The number of aromatic carboxylic acids is 1. The zero-order valence-corrected chi connectivity index (χ0v) is 10.7. The average Bonchev–Trinajstić information content (AvgIpc) is 2.12. The molecule has 0 aliphatic carbocycles. The Bertz CT molecular complexity index is 584. The van der Waals surface area contributed by atoms with E-state index in [1.807, 2.05) is 0 Å². The third kappa shape index (κ3) is 3.96. The van der Waals surface area contributed by atoms with Crippen molar-refractivity contribution < 1.29 is 31.5 Å². The number of nitrogens with one attached hydrogen (secondary N) is 1. The SMILES string of the molecule is O=C(O)c1cc(Br)cc(S(=O)(=O)NC(F)(F)F)c1. The molecule has 1 aromatic carbocycles. The predicted octanol–water partition coefficient (Wildman–Crippen LogP) is 1.95. The maximum Gasteiger partial charge on any atom is 0.470 e. The van der Waals surface area contributed by atoms with Gasteiger partial charge in [-0.15, -0.1) is 4.72 Å². The molecule has 0 heterocycles. The molecule has 0 amide bonds. The lowest BCUT2D eigenvalue weighted by Crippen LogP contribution is -2.37. The van der Waals surface area contributed by atoms with Gasteiger partial charge >= 0.3 is 12.3 Å². The molecule has 0 aliphatic rings. The van der Waals surface area contributed by atoms with Crippen LogP contribution in [0.4, 0.5) is 13.2 Å². The van der Waals surface area contributed by atoms with Crippen molar-refractivity contribution in [1.82, 2.24) is 4.72 Å². The van der Waals surface area contributed by atoms with Gasteiger partial charge in [0.25, 0.3) is 0 Å². The fourth-order valence-electron chi connectivity index (χ4n) is 1.05. The van der Waals surface area contributed by atoms with Crippen LogP contribution in [0.3, 0.4) is 0 Å². The third-order valence-corrected chi connectivity index (χ3v) is 3.49. The van der Waals surface area contributed by atoms with Gasteiger partial charge in [0.1, 0.15) is 0 Å². The number of sulfonamides is 1. The molecule has 0 aliphatic heterocycles. The Kier molecular flexibility index (Phi) is 4.03. The van der Waals surface area contributed by atoms with Crippen molar-refractivity contribution in [3.63, 3.8) is 0 Å². The third-order valence-electron chi connectivity index (χ3n) is 1.68. The van der Waals surface area contributed by atoms with E-state index in [9.17, 15) is 26.4 Å². The van der Waals surface area contributed by atoms with Crippen LogP contribution in [0.15, 0.2) is 27.6 Å². The molecule has 0 unspecified atom stereocenters. The number of carboxylic acids is 1. The predicted molar refractivity (Wildman–Crippen MR) is 57.5 cm³/mol. The summed E-state index contributed by atoms with van der Waals surface area (Å²) >= 11 is 2.82. The van der Waals surface area contributed by atoms with Crippen LogP contribution in [0.2, 0.25) is 0 Å². The largest absolute Gasteiger partial charge is 0.478 e. The van der Waals surface area contributed by atoms with Gasteiger partial charge < -0.3 is 5.11 Å². The first kappa shape index (κ1) is 14.9. The zero-order chi connectivity index (χ0) is 14.1. The zero-order valence-electron chi connectivity index (χ0n) is 8.32. The van der Waals surface area contributed by atoms with E-state index in [0.29, 0.717) is 10.8 Å². The van der Waals surface area contributed by atoms with E-state index in [1.54, 1.807) is 0 Å². The highest BCUT2D eigenvalue weighted by molar-refractivity contribution is 9.10. The highest BCUT2D eigenvalue weighted by Gasteiger charge is 2.35. The van der Waals surface area contributed by atoms with Crippen LogP contribution in [0, 0.1) is 0 Å². The average molecular weight is 348 g/mol. The lowest BCUT2D eigenvalue weighted by Gasteiger charge is -2.10. The van der Waals surface area contributed by atoms with Gasteiger partial charge in [-0.2, -0.15) is 13.2 Å². The normalized spacial score (nSPS) is 12.4. The summed E-state index contributed by atoms with van der Waals surface area (Å²) in [5.74, 6) is -1.46. The lowest BCUT2D eigenvalue weighted by atomic mass is 10.2. The first-order chi connectivity index (χ1) is 8.01. The van der Waals surface area contributed by atoms with Crippen LogP contribution in [-0.4, -0.2) is 25.8 Å². The molecule has 1 aromatic rings. The molecule has 0 aromatic heterocycles. The Labute approximate surface area is 108 Å². The summed E-state index contributed by atoms with van der Waals surface area (Å²) in [7, 11) is -4.86. The Morgan fingerprint density at radius 2 is 1.83 bits per heavy atom. The number of rotatable bonds is 3. The molecule has 5 nitrogen and oxygen atoms in total. The summed E-state index contributed by atoms with van der Waals surface area (Å²) in [5.41, 5.74) is -0.452. The number of hydrogen-bond donors (Lipinski definition) is 2. The van der Waals surface area contributed by atoms with E-state index in [1.165, 1.54) is 0 Å². The monoisotopic (exact) mass is 347 g/mol. The van der Waals surface area contributed by atoms with E-state index >= 15 is 0 Å². The molecular weight excluding hydrogens is 343 g/mol. The standard InChI is InChI=1S/C8H5BrF3NO4S/c9-5-1-4(7(14)15)2-6(3-5)18(16,17)13-8(10,11)12/h1-3,13H,(H,14,15). The number of halogens is 4. The van der Waals surface area contributed by atoms with E-state index in [2.05, 4.69) is 15.9 Å². The van der Waals surface area contributed by atoms with Gasteiger partial charge in [-0.25, -0.2) is 13.2 Å². The van der Waals surface area contributed by atoms with Crippen molar-refractivity contribution in [2.75, 3.05) is 0 Å². The smallest absolute Gasteiger partial charge is 0.470 e. The summed E-state index contributed by atoms with van der Waals surface area (Å²) in [6, 6.07) is 2.55. The number of carboxylic acid groups (broad SMARTS) is 1. The van der Waals surface area contributed by atoms with Crippen molar-refractivity contribution in [1.29, 1.82) is 0 Å². The van der Waals surface area contributed by atoms with Crippen LogP contribution >= 0.6 is 15.9 Å². The summed E-state index contributed by atoms with van der Waals surface area (Å²) in [6.45, 7) is 0. The second-order valence-electron chi connectivity index (χ2n) is 3.08. The number of hydrogen-bond acceptors (Lipinski definition) is 3. The van der Waals surface area contributed by atoms with E-state index < -0.39 is 32.8 Å². The van der Waals surface area contributed by atoms with Crippen molar-refractivity contribution >= 4 is 31.9 Å². The van der Waals surface area contributed by atoms with Crippen molar-refractivity contribution in [3.05, 3.63) is 28.2 Å². The van der Waals surface area contributed by atoms with Gasteiger partial charge in [-0.05, 0) is 18.2 Å². The van der Waals surface area contributed by atoms with Crippen LogP contribution < -0.4 is 4.72 Å². The Balaban J connectivity index is 3.29. The lowest BCUT2D eigenvalue weighted by molar-refractivity contribution is -0.138. The summed E-state index contributed by atoms with van der Waals surface area (Å²) in [6.07, 6.45) is -5.13. The Morgan fingerprint density at radius 1 is 1.28 bits per heavy atom. The molecule has 2 N–H and O–H groups in total. The van der Waals surface area contributed by atoms with Crippen LogP contribution in [0.25, 0.3) is 0 Å². The van der Waals surface area contributed by atoms with E-state index in [4.69, 9.17) is 5.11 Å². The highest BCUT2D eigenvalue weighted by Crippen LogP contribution is 2.22. The molecule has 0 bridgehead atoms. The van der Waals surface area contributed by atoms with E-state index in [-0.39, 0.29) is 4.47 Å². The Morgan fingerprint density at radius 3 is 2.28 bits per heavy atom. The molecule has 0 saturated carbocycles. The first-order valence-electron chi connectivity index (χ1n) is 4.16. The fraction of sp³-hybridized carbons (Fsp3) is 0.125. The maximum absolute atomic E-state index is 12.0. The van der Waals surface area contributed by atoms with Gasteiger partial charge in [0.15, 0.2) is 0 Å². The number of benzene rings is 1. The summed E-state index contributed by atoms with van der Waals surface area (Å²) in [4.78, 5) is 9.86. The molecule has 0 atom stereocenters. The minimum absolute atomic E-state index is 0.0324. The minimum Gasteiger partial charge on any atom is -0.478 e. The van der Waals surface area contributed by atoms with Crippen molar-refractivity contribution in [2.45, 2.75) is 11.2 Å². The topological polar surface area (TPSA) is 83.5 Å². The minimum atomic E-state index is -5.13. The highest BCUT2D eigenvalue weighted by atomic mass is 79.9. The molecule has 100 valence electrons. The van der Waals surface area contributed by atoms with Gasteiger partial charge in [0, 0.05) is 4.47 Å². The molecule has 1 rings (SSSR count). The van der Waals surface area contributed by atoms with Crippen molar-refractivity contribution in [2.24, 2.45) is 0 Å². The van der Waals surface area contributed by atoms with Gasteiger partial charge in [-0.1, -0.05) is 15.9 Å². The van der Waals surface area contributed by atoms with Gasteiger partial charge in [0.2, 0.25) is 10.0 Å². The molecule has 0 spiro atoms. The van der Waals surface area contributed by atoms with Crippen molar-refractivity contribution in [3.8, 4) is 0 Å². The number of carbonyl (C=O) groups is 1. The Hall–Kier alpha value is -1.13. The molecule has 0 saturated heterocycles. The van der Waals surface area contributed by atoms with Gasteiger partial charge in [-0.3, -0.25) is 0 Å². The van der Waals surface area contributed by atoms with Crippen LogP contribution in [-0.2, 0) is 10.0 Å².